The Bertz CT molecular complexity index is 298. The van der Waals surface area contributed by atoms with Crippen LogP contribution in [0.2, 0.25) is 0 Å². The fourth-order valence-electron chi connectivity index (χ4n) is 4.18. The first kappa shape index (κ1) is 17.3. The van der Waals surface area contributed by atoms with Crippen molar-refractivity contribution in [3.63, 3.8) is 0 Å². The van der Waals surface area contributed by atoms with Crippen LogP contribution in [-0.2, 0) is 0 Å². The minimum absolute atomic E-state index is 0.758. The molecule has 1 N–H and O–H groups in total. The van der Waals surface area contributed by atoms with Gasteiger partial charge in [0, 0.05) is 18.6 Å². The lowest BCUT2D eigenvalue weighted by atomic mass is 9.73. The Balaban J connectivity index is 1.91. The molecule has 0 aliphatic heterocycles. The van der Waals surface area contributed by atoms with Gasteiger partial charge in [0.15, 0.2) is 0 Å². The molecule has 2 aliphatic rings. The fraction of sp³-hybridized carbons (Fsp3) is 1.00. The maximum atomic E-state index is 3.84. The summed E-state index contributed by atoms with van der Waals surface area (Å²) in [6.07, 6.45) is 8.42. The molecule has 4 unspecified atom stereocenters. The quantitative estimate of drug-likeness (QED) is 0.723. The van der Waals surface area contributed by atoms with Crippen LogP contribution in [0, 0.1) is 23.7 Å². The van der Waals surface area contributed by atoms with Crippen molar-refractivity contribution >= 4 is 0 Å². The second-order valence-electron chi connectivity index (χ2n) is 8.16. The van der Waals surface area contributed by atoms with Crippen molar-refractivity contribution in [3.8, 4) is 0 Å². The highest BCUT2D eigenvalue weighted by Gasteiger charge is 2.35. The predicted molar refractivity (Wildman–Crippen MR) is 92.6 cm³/mol. The van der Waals surface area contributed by atoms with Crippen LogP contribution in [0.4, 0.5) is 0 Å². The van der Waals surface area contributed by atoms with Crippen LogP contribution < -0.4 is 5.32 Å². The van der Waals surface area contributed by atoms with Gasteiger partial charge in [0.1, 0.15) is 0 Å². The third kappa shape index (κ3) is 4.96. The molecule has 0 radical (unpaired) electrons. The Morgan fingerprint density at radius 1 is 1.05 bits per heavy atom. The zero-order chi connectivity index (χ0) is 15.4. The van der Waals surface area contributed by atoms with Gasteiger partial charge in [0.25, 0.3) is 0 Å². The summed E-state index contributed by atoms with van der Waals surface area (Å²) in [6.45, 7) is 12.0. The molecular formula is C19H38N2. The summed E-state index contributed by atoms with van der Waals surface area (Å²) < 4.78 is 0. The number of rotatable bonds is 8. The van der Waals surface area contributed by atoms with Gasteiger partial charge < -0.3 is 10.2 Å². The predicted octanol–water partition coefficient (Wildman–Crippen LogP) is 4.16. The van der Waals surface area contributed by atoms with E-state index in [9.17, 15) is 0 Å². The Kier molecular flexibility index (Phi) is 6.55. The van der Waals surface area contributed by atoms with E-state index in [1.165, 1.54) is 51.6 Å². The Hall–Kier alpha value is -0.0800. The number of nitrogens with zero attached hydrogens (tertiary/aromatic N) is 1. The molecule has 0 aromatic heterocycles. The molecule has 2 fully saturated rings. The largest absolute Gasteiger partial charge is 0.314 e. The lowest BCUT2D eigenvalue weighted by Gasteiger charge is -2.41. The lowest BCUT2D eigenvalue weighted by molar-refractivity contribution is 0.112. The summed E-state index contributed by atoms with van der Waals surface area (Å²) >= 11 is 0. The van der Waals surface area contributed by atoms with Crippen LogP contribution in [-0.4, -0.2) is 37.1 Å². The molecule has 0 heterocycles. The molecule has 2 heteroatoms. The number of nitrogens with one attached hydrogen (secondary N) is 1. The van der Waals surface area contributed by atoms with Crippen molar-refractivity contribution in [2.24, 2.45) is 23.7 Å². The molecule has 0 bridgehead atoms. The van der Waals surface area contributed by atoms with E-state index < -0.39 is 0 Å². The van der Waals surface area contributed by atoms with Crippen LogP contribution >= 0.6 is 0 Å². The van der Waals surface area contributed by atoms with Crippen molar-refractivity contribution < 1.29 is 0 Å². The summed E-state index contributed by atoms with van der Waals surface area (Å²) in [5, 5.41) is 3.84. The van der Waals surface area contributed by atoms with E-state index in [1.54, 1.807) is 0 Å². The van der Waals surface area contributed by atoms with Crippen molar-refractivity contribution in [1.29, 1.82) is 0 Å². The first-order valence-electron chi connectivity index (χ1n) is 9.46. The zero-order valence-corrected chi connectivity index (χ0v) is 15.1. The van der Waals surface area contributed by atoms with Gasteiger partial charge in [0.05, 0.1) is 0 Å². The average molecular weight is 295 g/mol. The van der Waals surface area contributed by atoms with E-state index in [1.807, 2.05) is 0 Å². The Morgan fingerprint density at radius 3 is 2.29 bits per heavy atom. The molecule has 2 rings (SSSR count). The smallest absolute Gasteiger partial charge is 0.0108 e. The van der Waals surface area contributed by atoms with Crippen molar-refractivity contribution in [2.45, 2.75) is 78.3 Å². The van der Waals surface area contributed by atoms with Gasteiger partial charge in [-0.25, -0.2) is 0 Å². The summed E-state index contributed by atoms with van der Waals surface area (Å²) in [5.41, 5.74) is 0. The van der Waals surface area contributed by atoms with Gasteiger partial charge in [-0.05, 0) is 82.7 Å². The molecule has 0 saturated heterocycles. The third-order valence-electron chi connectivity index (χ3n) is 6.14. The molecule has 2 nitrogen and oxygen atoms in total. The summed E-state index contributed by atoms with van der Waals surface area (Å²) in [5.74, 6) is 3.63. The SMILES string of the molecule is CCCNC1CCC(C(C)C)CC1CN(C)C(C)C1CC1. The monoisotopic (exact) mass is 294 g/mol. The van der Waals surface area contributed by atoms with Gasteiger partial charge in [0.2, 0.25) is 0 Å². The normalized spacial score (nSPS) is 31.9. The van der Waals surface area contributed by atoms with E-state index in [-0.39, 0.29) is 0 Å². The maximum Gasteiger partial charge on any atom is 0.0108 e. The third-order valence-corrected chi connectivity index (χ3v) is 6.14. The second kappa shape index (κ2) is 7.97. The summed E-state index contributed by atoms with van der Waals surface area (Å²) in [6, 6.07) is 1.55. The van der Waals surface area contributed by atoms with Crippen LogP contribution in [0.25, 0.3) is 0 Å². The molecular weight excluding hydrogens is 256 g/mol. The molecule has 0 spiro atoms. The number of hydrogen-bond acceptors (Lipinski definition) is 2. The minimum Gasteiger partial charge on any atom is -0.314 e. The Labute approximate surface area is 133 Å². The summed E-state index contributed by atoms with van der Waals surface area (Å²) in [7, 11) is 2.36. The average Bonchev–Trinajstić information content (AvgIpc) is 3.29. The molecule has 0 aromatic carbocycles. The lowest BCUT2D eigenvalue weighted by Crippen LogP contribution is -2.47. The second-order valence-corrected chi connectivity index (χ2v) is 8.16. The molecule has 4 atom stereocenters. The van der Waals surface area contributed by atoms with E-state index in [0.717, 1.165) is 35.8 Å². The standard InChI is InChI=1S/C19H38N2/c1-6-11-20-19-10-9-17(14(2)3)12-18(19)13-21(5)15(4)16-7-8-16/h14-20H,6-13H2,1-5H3. The van der Waals surface area contributed by atoms with Gasteiger partial charge in [-0.1, -0.05) is 20.8 Å². The van der Waals surface area contributed by atoms with Crippen LogP contribution in [0.15, 0.2) is 0 Å². The molecule has 0 aromatic rings. The van der Waals surface area contributed by atoms with Crippen LogP contribution in [0.1, 0.15) is 66.2 Å². The molecule has 21 heavy (non-hydrogen) atoms. The molecule has 2 aliphatic carbocycles. The topological polar surface area (TPSA) is 15.3 Å². The van der Waals surface area contributed by atoms with E-state index in [4.69, 9.17) is 0 Å². The van der Waals surface area contributed by atoms with E-state index in [0.29, 0.717) is 0 Å². The van der Waals surface area contributed by atoms with Crippen LogP contribution in [0.3, 0.4) is 0 Å². The fourth-order valence-corrected chi connectivity index (χ4v) is 4.18. The molecule has 0 amide bonds. The van der Waals surface area contributed by atoms with Crippen molar-refractivity contribution in [1.82, 2.24) is 10.2 Å². The van der Waals surface area contributed by atoms with E-state index in [2.05, 4.69) is 45.0 Å². The maximum absolute atomic E-state index is 3.84. The first-order valence-corrected chi connectivity index (χ1v) is 9.46. The molecule has 124 valence electrons. The highest BCUT2D eigenvalue weighted by atomic mass is 15.1. The van der Waals surface area contributed by atoms with Gasteiger partial charge in [-0.2, -0.15) is 0 Å². The number of hydrogen-bond donors (Lipinski definition) is 1. The molecule has 2 saturated carbocycles. The van der Waals surface area contributed by atoms with Gasteiger partial charge in [-0.15, -0.1) is 0 Å². The minimum atomic E-state index is 0.758. The summed E-state index contributed by atoms with van der Waals surface area (Å²) in [4.78, 5) is 2.66. The van der Waals surface area contributed by atoms with E-state index >= 15 is 0 Å². The Morgan fingerprint density at radius 2 is 1.71 bits per heavy atom. The first-order chi connectivity index (χ1) is 10.0. The van der Waals surface area contributed by atoms with Gasteiger partial charge >= 0.3 is 0 Å². The highest BCUT2D eigenvalue weighted by Crippen LogP contribution is 2.37. The van der Waals surface area contributed by atoms with Crippen molar-refractivity contribution in [3.05, 3.63) is 0 Å². The van der Waals surface area contributed by atoms with Gasteiger partial charge in [-0.3, -0.25) is 0 Å². The van der Waals surface area contributed by atoms with Crippen LogP contribution in [0.5, 0.6) is 0 Å². The highest BCUT2D eigenvalue weighted by molar-refractivity contribution is 4.90. The van der Waals surface area contributed by atoms with Crippen molar-refractivity contribution in [2.75, 3.05) is 20.1 Å². The zero-order valence-electron chi connectivity index (χ0n) is 15.1.